The summed E-state index contributed by atoms with van der Waals surface area (Å²) in [6.45, 7) is 0. The van der Waals surface area contributed by atoms with Crippen molar-refractivity contribution in [2.75, 3.05) is 7.11 Å². The van der Waals surface area contributed by atoms with Gasteiger partial charge in [0.1, 0.15) is 5.75 Å². The number of carbonyl (C=O) groups excluding carboxylic acids is 1. The number of halogens is 1. The van der Waals surface area contributed by atoms with E-state index in [1.165, 1.54) is 7.11 Å². The number of rotatable bonds is 5. The smallest absolute Gasteiger partial charge is 0.255 e. The van der Waals surface area contributed by atoms with E-state index < -0.39 is 0 Å². The lowest BCUT2D eigenvalue weighted by atomic mass is 10.0. The van der Waals surface area contributed by atoms with Crippen LogP contribution in [0.1, 0.15) is 27.7 Å². The number of benzene rings is 2. The van der Waals surface area contributed by atoms with Gasteiger partial charge in [-0.3, -0.25) is 9.78 Å². The van der Waals surface area contributed by atoms with Gasteiger partial charge in [0, 0.05) is 11.2 Å². The van der Waals surface area contributed by atoms with Crippen molar-refractivity contribution in [3.63, 3.8) is 0 Å². The summed E-state index contributed by atoms with van der Waals surface area (Å²) in [4.78, 5) is 17.2. The van der Waals surface area contributed by atoms with E-state index in [9.17, 15) is 4.79 Å². The molecule has 0 aliphatic carbocycles. The molecule has 0 unspecified atom stereocenters. The number of nitrogens with zero attached hydrogens (tertiary/aromatic N) is 1. The molecule has 5 heteroatoms. The molecule has 2 aromatic carbocycles. The average Bonchev–Trinajstić information content (AvgIpc) is 2.67. The largest absolute Gasteiger partial charge is 0.496 e. The van der Waals surface area contributed by atoms with Crippen LogP contribution in [-0.2, 0) is 0 Å². The lowest BCUT2D eigenvalue weighted by molar-refractivity contribution is 0.0939. The first kappa shape index (κ1) is 17.0. The lowest BCUT2D eigenvalue weighted by Gasteiger charge is -2.19. The van der Waals surface area contributed by atoms with Gasteiger partial charge in [-0.1, -0.05) is 48.0 Å². The molecule has 0 aliphatic heterocycles. The molecule has 0 bridgehead atoms. The first-order valence-corrected chi connectivity index (χ1v) is 8.17. The molecule has 3 aromatic rings. The van der Waals surface area contributed by atoms with Gasteiger partial charge in [-0.15, -0.1) is 0 Å². The summed E-state index contributed by atoms with van der Waals surface area (Å²) < 4.78 is 5.28. The number of nitrogens with one attached hydrogen (secondary N) is 1. The van der Waals surface area contributed by atoms with Gasteiger partial charge in [0.2, 0.25) is 0 Å². The van der Waals surface area contributed by atoms with Crippen LogP contribution in [0.15, 0.2) is 72.9 Å². The van der Waals surface area contributed by atoms with Crippen molar-refractivity contribution in [3.05, 3.63) is 94.8 Å². The SMILES string of the molecule is COc1ccc(Cl)cc1C(=O)N[C@H](c1ccccc1)c1ccccn1. The zero-order valence-corrected chi connectivity index (χ0v) is 14.4. The zero-order valence-electron chi connectivity index (χ0n) is 13.6. The fraction of sp³-hybridized carbons (Fsp3) is 0.100. The Morgan fingerprint density at radius 2 is 1.84 bits per heavy atom. The minimum Gasteiger partial charge on any atom is -0.496 e. The quantitative estimate of drug-likeness (QED) is 0.746. The minimum atomic E-state index is -0.376. The lowest BCUT2D eigenvalue weighted by Crippen LogP contribution is -2.30. The molecule has 0 fully saturated rings. The van der Waals surface area contributed by atoms with Gasteiger partial charge in [0.25, 0.3) is 5.91 Å². The summed E-state index contributed by atoms with van der Waals surface area (Å²) in [6.07, 6.45) is 1.71. The molecule has 3 rings (SSSR count). The Labute approximate surface area is 151 Å². The first-order chi connectivity index (χ1) is 12.2. The van der Waals surface area contributed by atoms with E-state index in [0.29, 0.717) is 16.3 Å². The van der Waals surface area contributed by atoms with E-state index >= 15 is 0 Å². The fourth-order valence-corrected chi connectivity index (χ4v) is 2.76. The summed E-state index contributed by atoms with van der Waals surface area (Å²) in [6, 6.07) is 19.9. The number of hydrogen-bond donors (Lipinski definition) is 1. The highest BCUT2D eigenvalue weighted by Crippen LogP contribution is 2.25. The Morgan fingerprint density at radius 1 is 1.08 bits per heavy atom. The van der Waals surface area contributed by atoms with Crippen LogP contribution in [0, 0.1) is 0 Å². The second-order valence-electron chi connectivity index (χ2n) is 5.42. The number of amides is 1. The van der Waals surface area contributed by atoms with Crippen molar-refractivity contribution < 1.29 is 9.53 Å². The molecular formula is C20H17ClN2O2. The molecule has 0 saturated carbocycles. The Kier molecular flexibility index (Phi) is 5.31. The molecule has 1 heterocycles. The molecule has 0 aliphatic rings. The minimum absolute atomic E-state index is 0.279. The highest BCUT2D eigenvalue weighted by Gasteiger charge is 2.21. The summed E-state index contributed by atoms with van der Waals surface area (Å²) in [5.41, 5.74) is 2.07. The van der Waals surface area contributed by atoms with E-state index in [1.54, 1.807) is 24.4 Å². The molecule has 1 amide bonds. The zero-order chi connectivity index (χ0) is 17.6. The van der Waals surface area contributed by atoms with Gasteiger partial charge >= 0.3 is 0 Å². The fourth-order valence-electron chi connectivity index (χ4n) is 2.59. The van der Waals surface area contributed by atoms with E-state index in [1.807, 2.05) is 48.5 Å². The molecule has 1 atom stereocenters. The Bertz CT molecular complexity index is 815. The molecule has 1 N–H and O–H groups in total. The van der Waals surface area contributed by atoms with E-state index in [2.05, 4.69) is 10.3 Å². The molecular weight excluding hydrogens is 336 g/mol. The monoisotopic (exact) mass is 352 g/mol. The van der Waals surface area contributed by atoms with Gasteiger partial charge in [0.15, 0.2) is 0 Å². The van der Waals surface area contributed by atoms with Gasteiger partial charge < -0.3 is 10.1 Å². The summed E-state index contributed by atoms with van der Waals surface area (Å²) in [5.74, 6) is 0.189. The maximum Gasteiger partial charge on any atom is 0.255 e. The van der Waals surface area contributed by atoms with Crippen LogP contribution >= 0.6 is 11.6 Å². The van der Waals surface area contributed by atoms with E-state index in [-0.39, 0.29) is 11.9 Å². The van der Waals surface area contributed by atoms with Crippen LogP contribution in [-0.4, -0.2) is 18.0 Å². The molecule has 0 saturated heterocycles. The summed E-state index contributed by atoms with van der Waals surface area (Å²) >= 11 is 6.04. The Balaban J connectivity index is 1.96. The van der Waals surface area contributed by atoms with Crippen molar-refractivity contribution in [1.29, 1.82) is 0 Å². The Hall–Kier alpha value is -2.85. The van der Waals surface area contributed by atoms with Gasteiger partial charge in [-0.2, -0.15) is 0 Å². The Morgan fingerprint density at radius 3 is 2.52 bits per heavy atom. The topological polar surface area (TPSA) is 51.2 Å². The van der Waals surface area contributed by atoms with Crippen molar-refractivity contribution in [1.82, 2.24) is 10.3 Å². The number of aromatic nitrogens is 1. The number of ether oxygens (including phenoxy) is 1. The normalized spacial score (nSPS) is 11.6. The van der Waals surface area contributed by atoms with Gasteiger partial charge in [-0.25, -0.2) is 0 Å². The standard InChI is InChI=1S/C20H17ClN2O2/c1-25-18-11-10-15(21)13-16(18)20(24)23-19(14-7-3-2-4-8-14)17-9-5-6-12-22-17/h2-13,19H,1H3,(H,23,24)/t19-/m1/s1. The predicted molar refractivity (Wildman–Crippen MR) is 98.0 cm³/mol. The first-order valence-electron chi connectivity index (χ1n) is 7.79. The molecule has 126 valence electrons. The maximum atomic E-state index is 12.9. The van der Waals surface area contributed by atoms with Gasteiger partial charge in [0.05, 0.1) is 24.4 Å². The molecule has 1 aromatic heterocycles. The van der Waals surface area contributed by atoms with Crippen LogP contribution in [0.3, 0.4) is 0 Å². The number of carbonyl (C=O) groups is 1. The van der Waals surface area contributed by atoms with Crippen LogP contribution in [0.2, 0.25) is 5.02 Å². The molecule has 0 radical (unpaired) electrons. The third-order valence-electron chi connectivity index (χ3n) is 3.80. The van der Waals surface area contributed by atoms with Crippen molar-refractivity contribution in [2.45, 2.75) is 6.04 Å². The maximum absolute atomic E-state index is 12.9. The summed E-state index contributed by atoms with van der Waals surface area (Å²) in [7, 11) is 1.52. The number of pyridine rings is 1. The molecule has 4 nitrogen and oxygen atoms in total. The average molecular weight is 353 g/mol. The highest BCUT2D eigenvalue weighted by atomic mass is 35.5. The number of hydrogen-bond acceptors (Lipinski definition) is 3. The third-order valence-corrected chi connectivity index (χ3v) is 4.03. The van der Waals surface area contributed by atoms with Crippen LogP contribution < -0.4 is 10.1 Å². The van der Waals surface area contributed by atoms with Gasteiger partial charge in [-0.05, 0) is 35.9 Å². The van der Waals surface area contributed by atoms with Crippen LogP contribution in [0.4, 0.5) is 0 Å². The molecule has 0 spiro atoms. The summed E-state index contributed by atoms with van der Waals surface area (Å²) in [5, 5.41) is 3.50. The van der Waals surface area contributed by atoms with Crippen molar-refractivity contribution in [3.8, 4) is 5.75 Å². The van der Waals surface area contributed by atoms with E-state index in [0.717, 1.165) is 11.3 Å². The second-order valence-corrected chi connectivity index (χ2v) is 5.85. The van der Waals surface area contributed by atoms with Crippen molar-refractivity contribution in [2.24, 2.45) is 0 Å². The predicted octanol–water partition coefficient (Wildman–Crippen LogP) is 4.26. The van der Waals surface area contributed by atoms with E-state index in [4.69, 9.17) is 16.3 Å². The highest BCUT2D eigenvalue weighted by molar-refractivity contribution is 6.31. The molecule has 25 heavy (non-hydrogen) atoms. The number of methoxy groups -OCH3 is 1. The van der Waals surface area contributed by atoms with Crippen molar-refractivity contribution >= 4 is 17.5 Å². The van der Waals surface area contributed by atoms with Crippen LogP contribution in [0.5, 0.6) is 5.75 Å². The van der Waals surface area contributed by atoms with Crippen LogP contribution in [0.25, 0.3) is 0 Å². The third kappa shape index (κ3) is 3.98. The second kappa shape index (κ2) is 7.81.